The van der Waals surface area contributed by atoms with Gasteiger partial charge in [-0.3, -0.25) is 0 Å². The van der Waals surface area contributed by atoms with Crippen LogP contribution in [0.25, 0.3) is 11.4 Å². The van der Waals surface area contributed by atoms with Gasteiger partial charge in [0, 0.05) is 37.7 Å². The van der Waals surface area contributed by atoms with Gasteiger partial charge in [0.25, 0.3) is 0 Å². The maximum absolute atomic E-state index is 4.71. The molecule has 2 aromatic heterocycles. The van der Waals surface area contributed by atoms with Gasteiger partial charge in [-0.1, -0.05) is 0 Å². The number of nitrogens with one attached hydrogen (secondary N) is 1. The minimum absolute atomic E-state index is 0. The van der Waals surface area contributed by atoms with Gasteiger partial charge in [-0.05, 0) is 43.5 Å². The average molecular weight is 354 g/mol. The Balaban J connectivity index is 0.000000960. The zero-order valence-electron chi connectivity index (χ0n) is 13.0. The van der Waals surface area contributed by atoms with Gasteiger partial charge in [-0.25, -0.2) is 15.0 Å². The molecule has 1 unspecified atom stereocenters. The van der Waals surface area contributed by atoms with Crippen LogP contribution in [0.5, 0.6) is 0 Å². The Labute approximate surface area is 148 Å². The van der Waals surface area contributed by atoms with Gasteiger partial charge in [0.05, 0.1) is 5.54 Å². The minimum atomic E-state index is 0. The summed E-state index contributed by atoms with van der Waals surface area (Å²) in [6.07, 6.45) is 8.90. The standard InChI is InChI=1S/C16H19N5.2ClH/c1-21-15-12(3-4-16(21)5-8-17-11-16)9-13(10-20-15)14-18-6-2-7-19-14;;/h2,6-7,9-10,17H,3-5,8,11H2,1H3;2*1H. The molecule has 23 heavy (non-hydrogen) atoms. The summed E-state index contributed by atoms with van der Waals surface area (Å²) in [4.78, 5) is 15.7. The summed E-state index contributed by atoms with van der Waals surface area (Å²) in [7, 11) is 2.18. The molecule has 4 heterocycles. The van der Waals surface area contributed by atoms with Crippen LogP contribution in [0.15, 0.2) is 30.7 Å². The lowest BCUT2D eigenvalue weighted by molar-refractivity contribution is 0.389. The number of pyridine rings is 1. The van der Waals surface area contributed by atoms with Crippen molar-refractivity contribution >= 4 is 30.6 Å². The summed E-state index contributed by atoms with van der Waals surface area (Å²) < 4.78 is 0. The van der Waals surface area contributed by atoms with E-state index in [1.165, 1.54) is 18.4 Å². The molecule has 0 radical (unpaired) electrons. The van der Waals surface area contributed by atoms with Crippen LogP contribution in [0.2, 0.25) is 0 Å². The molecule has 124 valence electrons. The van der Waals surface area contributed by atoms with Crippen LogP contribution >= 0.6 is 24.8 Å². The van der Waals surface area contributed by atoms with Crippen molar-refractivity contribution in [3.8, 4) is 11.4 Å². The number of aryl methyl sites for hydroxylation is 1. The lowest BCUT2D eigenvalue weighted by Gasteiger charge is -2.43. The first-order valence-electron chi connectivity index (χ1n) is 7.49. The maximum Gasteiger partial charge on any atom is 0.160 e. The van der Waals surface area contributed by atoms with E-state index in [4.69, 9.17) is 4.98 Å². The van der Waals surface area contributed by atoms with Gasteiger partial charge < -0.3 is 10.2 Å². The second kappa shape index (κ2) is 6.99. The quantitative estimate of drug-likeness (QED) is 0.853. The monoisotopic (exact) mass is 353 g/mol. The Morgan fingerprint density at radius 3 is 2.61 bits per heavy atom. The molecule has 7 heteroatoms. The van der Waals surface area contributed by atoms with E-state index >= 15 is 0 Å². The second-order valence-electron chi connectivity index (χ2n) is 5.99. The van der Waals surface area contributed by atoms with Crippen molar-refractivity contribution in [2.75, 3.05) is 25.0 Å². The predicted octanol–water partition coefficient (Wildman–Crippen LogP) is 2.50. The van der Waals surface area contributed by atoms with Gasteiger partial charge in [-0.15, -0.1) is 24.8 Å². The van der Waals surface area contributed by atoms with Crippen molar-refractivity contribution in [1.29, 1.82) is 0 Å². The molecule has 1 fully saturated rings. The molecule has 2 aromatic rings. The highest BCUT2D eigenvalue weighted by Gasteiger charge is 2.41. The molecule has 4 rings (SSSR count). The number of aromatic nitrogens is 3. The van der Waals surface area contributed by atoms with Gasteiger partial charge in [0.15, 0.2) is 5.82 Å². The fourth-order valence-corrected chi connectivity index (χ4v) is 3.55. The van der Waals surface area contributed by atoms with E-state index in [-0.39, 0.29) is 30.4 Å². The average Bonchev–Trinajstić information content (AvgIpc) is 3.02. The van der Waals surface area contributed by atoms with Crippen LogP contribution in [0.4, 0.5) is 5.82 Å². The van der Waals surface area contributed by atoms with Crippen LogP contribution in [0.1, 0.15) is 18.4 Å². The molecule has 1 N–H and O–H groups in total. The molecule has 0 bridgehead atoms. The van der Waals surface area contributed by atoms with Crippen molar-refractivity contribution in [2.45, 2.75) is 24.8 Å². The van der Waals surface area contributed by atoms with E-state index in [1.807, 2.05) is 12.3 Å². The first-order valence-corrected chi connectivity index (χ1v) is 7.49. The summed E-state index contributed by atoms with van der Waals surface area (Å²) in [5, 5.41) is 3.49. The summed E-state index contributed by atoms with van der Waals surface area (Å²) >= 11 is 0. The summed E-state index contributed by atoms with van der Waals surface area (Å²) in [5.74, 6) is 1.86. The third kappa shape index (κ3) is 3.01. The van der Waals surface area contributed by atoms with Crippen LogP contribution in [-0.2, 0) is 6.42 Å². The van der Waals surface area contributed by atoms with Crippen molar-refractivity contribution in [2.24, 2.45) is 0 Å². The molecule has 0 saturated carbocycles. The number of likely N-dealkylation sites (N-methyl/N-ethyl adjacent to an activating group) is 1. The summed E-state index contributed by atoms with van der Waals surface area (Å²) in [5.41, 5.74) is 2.56. The zero-order valence-corrected chi connectivity index (χ0v) is 14.7. The topological polar surface area (TPSA) is 53.9 Å². The van der Waals surface area contributed by atoms with E-state index < -0.39 is 0 Å². The number of fused-ring (bicyclic) bond motifs is 1. The smallest absolute Gasteiger partial charge is 0.160 e. The SMILES string of the molecule is CN1c2ncc(-c3ncccn3)cc2CCC12CCNC2.Cl.Cl. The van der Waals surface area contributed by atoms with Crippen molar-refractivity contribution in [3.63, 3.8) is 0 Å². The molecule has 1 atom stereocenters. The van der Waals surface area contributed by atoms with Crippen LogP contribution in [0.3, 0.4) is 0 Å². The first kappa shape index (κ1) is 17.9. The highest BCUT2D eigenvalue weighted by atomic mass is 35.5. The molecule has 1 spiro atoms. The Morgan fingerprint density at radius 2 is 1.91 bits per heavy atom. The predicted molar refractivity (Wildman–Crippen MR) is 96.7 cm³/mol. The van der Waals surface area contributed by atoms with E-state index in [0.717, 1.165) is 36.7 Å². The molecular weight excluding hydrogens is 333 g/mol. The van der Waals surface area contributed by atoms with Crippen molar-refractivity contribution in [1.82, 2.24) is 20.3 Å². The number of halogens is 2. The van der Waals surface area contributed by atoms with Gasteiger partial charge >= 0.3 is 0 Å². The van der Waals surface area contributed by atoms with E-state index in [2.05, 4.69) is 33.3 Å². The molecule has 5 nitrogen and oxygen atoms in total. The molecule has 1 saturated heterocycles. The maximum atomic E-state index is 4.71. The lowest BCUT2D eigenvalue weighted by atomic mass is 9.84. The van der Waals surface area contributed by atoms with Gasteiger partial charge in [0.1, 0.15) is 5.82 Å². The molecular formula is C16H21Cl2N5. The summed E-state index contributed by atoms with van der Waals surface area (Å²) in [6.45, 7) is 2.17. The fourth-order valence-electron chi connectivity index (χ4n) is 3.55. The van der Waals surface area contributed by atoms with Gasteiger partial charge in [-0.2, -0.15) is 0 Å². The number of anilines is 1. The van der Waals surface area contributed by atoms with Crippen molar-refractivity contribution in [3.05, 3.63) is 36.3 Å². The molecule has 2 aliphatic heterocycles. The molecule has 2 aliphatic rings. The Morgan fingerprint density at radius 1 is 1.13 bits per heavy atom. The highest BCUT2D eigenvalue weighted by molar-refractivity contribution is 5.85. The third-order valence-corrected chi connectivity index (χ3v) is 4.88. The second-order valence-corrected chi connectivity index (χ2v) is 5.99. The van der Waals surface area contributed by atoms with E-state index in [1.54, 1.807) is 12.4 Å². The number of nitrogens with zero attached hydrogens (tertiary/aromatic N) is 4. The van der Waals surface area contributed by atoms with Crippen LogP contribution < -0.4 is 10.2 Å². The largest absolute Gasteiger partial charge is 0.352 e. The molecule has 0 amide bonds. The molecule has 0 aliphatic carbocycles. The molecule has 0 aromatic carbocycles. The Bertz CT molecular complexity index is 659. The van der Waals surface area contributed by atoms with E-state index in [0.29, 0.717) is 0 Å². The van der Waals surface area contributed by atoms with Crippen LogP contribution in [0, 0.1) is 0 Å². The zero-order chi connectivity index (χ0) is 14.3. The van der Waals surface area contributed by atoms with Crippen LogP contribution in [-0.4, -0.2) is 40.6 Å². The number of rotatable bonds is 1. The minimum Gasteiger partial charge on any atom is -0.352 e. The first-order chi connectivity index (χ1) is 10.3. The third-order valence-electron chi connectivity index (χ3n) is 4.88. The lowest BCUT2D eigenvalue weighted by Crippen LogP contribution is -2.51. The fraction of sp³-hybridized carbons (Fsp3) is 0.438. The summed E-state index contributed by atoms with van der Waals surface area (Å²) in [6, 6.07) is 4.03. The van der Waals surface area contributed by atoms with Crippen molar-refractivity contribution < 1.29 is 0 Å². The van der Waals surface area contributed by atoms with E-state index in [9.17, 15) is 0 Å². The Kier molecular flexibility index (Phi) is 5.45. The number of hydrogen-bond acceptors (Lipinski definition) is 5. The Hall–Kier alpha value is -1.43. The number of hydrogen-bond donors (Lipinski definition) is 1. The highest BCUT2D eigenvalue weighted by Crippen LogP contribution is 2.38. The van der Waals surface area contributed by atoms with Gasteiger partial charge in [0.2, 0.25) is 0 Å². The normalized spacial score (nSPS) is 22.2.